The number of carbonyl (C=O) groups excluding carboxylic acids is 2. The minimum absolute atomic E-state index is 0.445. The molecule has 0 saturated heterocycles. The molecular weight excluding hydrogens is 240 g/mol. The molecule has 0 saturated carbocycles. The number of aromatic nitrogens is 1. The molecule has 0 spiro atoms. The summed E-state index contributed by atoms with van der Waals surface area (Å²) in [7, 11) is 0. The molecule has 0 aliphatic rings. The Bertz CT molecular complexity index is 591. The third-order valence-electron chi connectivity index (χ3n) is 2.79. The smallest absolute Gasteiger partial charge is 0.248 e. The van der Waals surface area contributed by atoms with Crippen LogP contribution in [0.3, 0.4) is 0 Å². The first-order valence-corrected chi connectivity index (χ1v) is 6.00. The quantitative estimate of drug-likeness (QED) is 0.829. The van der Waals surface area contributed by atoms with Crippen LogP contribution in [0.15, 0.2) is 42.5 Å². The van der Waals surface area contributed by atoms with Gasteiger partial charge >= 0.3 is 0 Å². The third kappa shape index (κ3) is 3.25. The lowest BCUT2D eigenvalue weighted by Gasteiger charge is -2.04. The SMILES string of the molecule is NC(=O)c1ccc(-c2cccc(CCC=O)n2)cc1. The van der Waals surface area contributed by atoms with Crippen LogP contribution in [0.1, 0.15) is 22.5 Å². The van der Waals surface area contributed by atoms with Crippen molar-refractivity contribution in [2.45, 2.75) is 12.8 Å². The lowest BCUT2D eigenvalue weighted by molar-refractivity contribution is -0.107. The zero-order valence-corrected chi connectivity index (χ0v) is 10.4. The zero-order valence-electron chi connectivity index (χ0n) is 10.4. The number of hydrogen-bond acceptors (Lipinski definition) is 3. The molecule has 0 aliphatic heterocycles. The van der Waals surface area contributed by atoms with Gasteiger partial charge in [0, 0.05) is 23.2 Å². The van der Waals surface area contributed by atoms with Gasteiger partial charge in [0.05, 0.1) is 5.69 Å². The summed E-state index contributed by atoms with van der Waals surface area (Å²) in [6.07, 6.45) is 1.99. The summed E-state index contributed by atoms with van der Waals surface area (Å²) in [5, 5.41) is 0. The Morgan fingerprint density at radius 2 is 1.89 bits per heavy atom. The van der Waals surface area contributed by atoms with Gasteiger partial charge in [0.1, 0.15) is 6.29 Å². The average molecular weight is 254 g/mol. The molecule has 2 aromatic rings. The highest BCUT2D eigenvalue weighted by Gasteiger charge is 2.03. The van der Waals surface area contributed by atoms with E-state index in [0.29, 0.717) is 18.4 Å². The molecule has 0 radical (unpaired) electrons. The fourth-order valence-electron chi connectivity index (χ4n) is 1.79. The number of rotatable bonds is 5. The number of primary amides is 1. The molecule has 19 heavy (non-hydrogen) atoms. The molecule has 0 bridgehead atoms. The molecule has 1 aromatic carbocycles. The molecular formula is C15H14N2O2. The van der Waals surface area contributed by atoms with Crippen LogP contribution in [0, 0.1) is 0 Å². The zero-order chi connectivity index (χ0) is 13.7. The first-order chi connectivity index (χ1) is 9.20. The van der Waals surface area contributed by atoms with Crippen LogP contribution in [0.4, 0.5) is 0 Å². The topological polar surface area (TPSA) is 73.1 Å². The number of carbonyl (C=O) groups is 2. The van der Waals surface area contributed by atoms with E-state index in [2.05, 4.69) is 4.98 Å². The van der Waals surface area contributed by atoms with E-state index in [9.17, 15) is 9.59 Å². The maximum atomic E-state index is 11.0. The minimum Gasteiger partial charge on any atom is -0.366 e. The Labute approximate surface area is 111 Å². The molecule has 4 nitrogen and oxygen atoms in total. The Kier molecular flexibility index (Phi) is 4.03. The van der Waals surface area contributed by atoms with Crippen molar-refractivity contribution in [3.63, 3.8) is 0 Å². The largest absolute Gasteiger partial charge is 0.366 e. The standard InChI is InChI=1S/C15H14N2O2/c16-15(19)12-8-6-11(7-9-12)14-5-1-3-13(17-14)4-2-10-18/h1,3,5-10H,2,4H2,(H2,16,19). The molecule has 96 valence electrons. The van der Waals surface area contributed by atoms with Gasteiger partial charge in [0.15, 0.2) is 0 Å². The van der Waals surface area contributed by atoms with Gasteiger partial charge in [0.25, 0.3) is 0 Å². The van der Waals surface area contributed by atoms with E-state index in [1.165, 1.54) is 0 Å². The van der Waals surface area contributed by atoms with Crippen LogP contribution in [0.5, 0.6) is 0 Å². The van der Waals surface area contributed by atoms with Gasteiger partial charge in [-0.15, -0.1) is 0 Å². The molecule has 0 atom stereocenters. The number of nitrogens with two attached hydrogens (primary N) is 1. The van der Waals surface area contributed by atoms with Crippen LogP contribution >= 0.6 is 0 Å². The summed E-state index contributed by atoms with van der Waals surface area (Å²) < 4.78 is 0. The highest BCUT2D eigenvalue weighted by Crippen LogP contribution is 2.18. The van der Waals surface area contributed by atoms with E-state index in [0.717, 1.165) is 23.2 Å². The van der Waals surface area contributed by atoms with E-state index >= 15 is 0 Å². The Morgan fingerprint density at radius 1 is 1.16 bits per heavy atom. The fourth-order valence-corrected chi connectivity index (χ4v) is 1.79. The highest BCUT2D eigenvalue weighted by molar-refractivity contribution is 5.93. The summed E-state index contributed by atoms with van der Waals surface area (Å²) >= 11 is 0. The number of aryl methyl sites for hydroxylation is 1. The van der Waals surface area contributed by atoms with Crippen molar-refractivity contribution < 1.29 is 9.59 Å². The van der Waals surface area contributed by atoms with Gasteiger partial charge < -0.3 is 10.5 Å². The molecule has 1 aromatic heterocycles. The summed E-state index contributed by atoms with van der Waals surface area (Å²) in [6.45, 7) is 0. The lowest BCUT2D eigenvalue weighted by atomic mass is 10.1. The average Bonchev–Trinajstić information content (AvgIpc) is 2.45. The van der Waals surface area contributed by atoms with Crippen molar-refractivity contribution in [3.05, 3.63) is 53.7 Å². The second kappa shape index (κ2) is 5.91. The number of benzene rings is 1. The van der Waals surface area contributed by atoms with Gasteiger partial charge in [-0.05, 0) is 30.7 Å². The second-order valence-corrected chi connectivity index (χ2v) is 4.16. The van der Waals surface area contributed by atoms with E-state index < -0.39 is 5.91 Å². The maximum absolute atomic E-state index is 11.0. The summed E-state index contributed by atoms with van der Waals surface area (Å²) in [5.74, 6) is -0.445. The number of aldehydes is 1. The molecule has 0 unspecified atom stereocenters. The lowest BCUT2D eigenvalue weighted by Crippen LogP contribution is -2.10. The van der Waals surface area contributed by atoms with Crippen molar-refractivity contribution in [2.75, 3.05) is 0 Å². The van der Waals surface area contributed by atoms with E-state index in [-0.39, 0.29) is 0 Å². The monoisotopic (exact) mass is 254 g/mol. The number of hydrogen-bond donors (Lipinski definition) is 1. The first kappa shape index (κ1) is 13.0. The molecule has 0 fully saturated rings. The predicted molar refractivity (Wildman–Crippen MR) is 72.6 cm³/mol. The Morgan fingerprint density at radius 3 is 2.53 bits per heavy atom. The van der Waals surface area contributed by atoms with Crippen molar-refractivity contribution in [1.29, 1.82) is 0 Å². The second-order valence-electron chi connectivity index (χ2n) is 4.16. The highest BCUT2D eigenvalue weighted by atomic mass is 16.1. The summed E-state index contributed by atoms with van der Waals surface area (Å²) in [4.78, 5) is 25.8. The molecule has 1 amide bonds. The predicted octanol–water partition coefficient (Wildman–Crippen LogP) is 1.98. The minimum atomic E-state index is -0.445. The molecule has 4 heteroatoms. The first-order valence-electron chi connectivity index (χ1n) is 6.00. The van der Waals surface area contributed by atoms with E-state index in [1.807, 2.05) is 30.3 Å². The Balaban J connectivity index is 2.25. The third-order valence-corrected chi connectivity index (χ3v) is 2.79. The van der Waals surface area contributed by atoms with E-state index in [1.54, 1.807) is 12.1 Å². The summed E-state index contributed by atoms with van der Waals surface area (Å²) in [5.41, 5.74) is 8.28. The van der Waals surface area contributed by atoms with Crippen LogP contribution < -0.4 is 5.73 Å². The number of nitrogens with zero attached hydrogens (tertiary/aromatic N) is 1. The van der Waals surface area contributed by atoms with Gasteiger partial charge in [0.2, 0.25) is 5.91 Å². The van der Waals surface area contributed by atoms with Gasteiger partial charge in [-0.25, -0.2) is 0 Å². The van der Waals surface area contributed by atoms with Crippen molar-refractivity contribution >= 4 is 12.2 Å². The number of amides is 1. The van der Waals surface area contributed by atoms with Crippen molar-refractivity contribution in [3.8, 4) is 11.3 Å². The Hall–Kier alpha value is -2.49. The van der Waals surface area contributed by atoms with Crippen molar-refractivity contribution in [1.82, 2.24) is 4.98 Å². The maximum Gasteiger partial charge on any atom is 0.248 e. The molecule has 1 heterocycles. The fraction of sp³-hybridized carbons (Fsp3) is 0.133. The number of pyridine rings is 1. The van der Waals surface area contributed by atoms with Gasteiger partial charge in [-0.2, -0.15) is 0 Å². The van der Waals surface area contributed by atoms with Crippen LogP contribution in [-0.4, -0.2) is 17.2 Å². The summed E-state index contributed by atoms with van der Waals surface area (Å²) in [6, 6.07) is 12.7. The van der Waals surface area contributed by atoms with Crippen LogP contribution in [0.2, 0.25) is 0 Å². The molecule has 2 N–H and O–H groups in total. The van der Waals surface area contributed by atoms with E-state index in [4.69, 9.17) is 5.73 Å². The van der Waals surface area contributed by atoms with Gasteiger partial charge in [-0.1, -0.05) is 18.2 Å². The molecule has 2 rings (SSSR count). The van der Waals surface area contributed by atoms with Crippen LogP contribution in [-0.2, 0) is 11.2 Å². The molecule has 0 aliphatic carbocycles. The van der Waals surface area contributed by atoms with Crippen molar-refractivity contribution in [2.24, 2.45) is 5.73 Å². The van der Waals surface area contributed by atoms with Crippen LogP contribution in [0.25, 0.3) is 11.3 Å². The van der Waals surface area contributed by atoms with Gasteiger partial charge in [-0.3, -0.25) is 9.78 Å². The normalized spacial score (nSPS) is 10.1.